The molecular weight excluding hydrogens is 364 g/mol. The molecule has 0 amide bonds. The highest BCUT2D eigenvalue weighted by Gasteiger charge is 2.52. The first-order chi connectivity index (χ1) is 13.0. The molecule has 0 unspecified atom stereocenters. The highest BCUT2D eigenvalue weighted by Crippen LogP contribution is 2.38. The second-order valence-electron chi connectivity index (χ2n) is 7.14. The zero-order chi connectivity index (χ0) is 18.6. The van der Waals surface area contributed by atoms with Gasteiger partial charge in [0, 0.05) is 61.9 Å². The second-order valence-corrected chi connectivity index (χ2v) is 9.07. The number of nitrogens with zero attached hydrogens (tertiary/aromatic N) is 5. The number of nitriles is 1. The van der Waals surface area contributed by atoms with Crippen LogP contribution in [0.5, 0.6) is 0 Å². The number of pyridine rings is 1. The molecule has 2 fully saturated rings. The molecule has 138 valence electrons. The molecule has 2 aliphatic rings. The molecule has 8 nitrogen and oxygen atoms in total. The van der Waals surface area contributed by atoms with Crippen LogP contribution in [0.1, 0.15) is 6.42 Å². The number of hydrogen-bond donors (Lipinski definition) is 1. The Morgan fingerprint density at radius 3 is 2.78 bits per heavy atom. The van der Waals surface area contributed by atoms with Crippen LogP contribution in [0.25, 0.3) is 22.2 Å². The average Bonchev–Trinajstić information content (AvgIpc) is 3.19. The third-order valence-electron chi connectivity index (χ3n) is 5.42. The lowest BCUT2D eigenvalue weighted by Gasteiger charge is -2.48. The van der Waals surface area contributed by atoms with Crippen molar-refractivity contribution in [3.05, 3.63) is 43.0 Å². The molecule has 0 aliphatic carbocycles. The molecule has 9 heteroatoms. The summed E-state index contributed by atoms with van der Waals surface area (Å²) in [6, 6.07) is 8.18. The maximum absolute atomic E-state index is 12.4. The van der Waals surface area contributed by atoms with Crippen molar-refractivity contribution < 1.29 is 8.42 Å². The van der Waals surface area contributed by atoms with Crippen LogP contribution in [-0.4, -0.2) is 57.7 Å². The van der Waals surface area contributed by atoms with E-state index >= 15 is 0 Å². The van der Waals surface area contributed by atoms with E-state index in [4.69, 9.17) is 0 Å². The summed E-state index contributed by atoms with van der Waals surface area (Å²) >= 11 is 0. The molecule has 3 aromatic rings. The molecular formula is C18H18N6O2S. The molecule has 27 heavy (non-hydrogen) atoms. The first kappa shape index (κ1) is 16.5. The minimum atomic E-state index is -3.36. The lowest BCUT2D eigenvalue weighted by atomic mass is 9.89. The summed E-state index contributed by atoms with van der Waals surface area (Å²) in [5, 5.41) is 10.4. The number of fused-ring (bicyclic) bond motifs is 1. The lowest BCUT2D eigenvalue weighted by molar-refractivity contribution is 0.0818. The third-order valence-corrected chi connectivity index (χ3v) is 7.35. The Hall–Kier alpha value is -2.67. The monoisotopic (exact) mass is 382 g/mol. The van der Waals surface area contributed by atoms with Gasteiger partial charge in [-0.3, -0.25) is 0 Å². The molecule has 5 rings (SSSR count). The summed E-state index contributed by atoms with van der Waals surface area (Å²) in [7, 11) is -3.36. The van der Waals surface area contributed by atoms with E-state index in [0.717, 1.165) is 22.2 Å². The topological polar surface area (TPSA) is 97.8 Å². The molecule has 0 radical (unpaired) electrons. The normalized spacial score (nSPS) is 19.7. The van der Waals surface area contributed by atoms with Gasteiger partial charge in [0.1, 0.15) is 5.65 Å². The van der Waals surface area contributed by atoms with Crippen LogP contribution >= 0.6 is 0 Å². The fraction of sp³-hybridized carbons (Fsp3) is 0.333. The Kier molecular flexibility index (Phi) is 3.46. The van der Waals surface area contributed by atoms with E-state index in [0.29, 0.717) is 26.2 Å². The number of nitrogens with one attached hydrogen (secondary N) is 1. The van der Waals surface area contributed by atoms with E-state index < -0.39 is 15.7 Å². The highest BCUT2D eigenvalue weighted by molar-refractivity contribution is 7.87. The standard InChI is InChI=1S/C18H18N6O2S/c19-5-4-18(12-24(13-18)27(25,26)23-9-10-23)22-8-3-14(11-22)15-1-6-20-17-16(15)2-7-21-17/h1-3,6-8,11H,4,9-10,12-13H2,(H,20,21). The Morgan fingerprint density at radius 2 is 2.04 bits per heavy atom. The van der Waals surface area contributed by atoms with E-state index in [1.165, 1.54) is 8.61 Å². The summed E-state index contributed by atoms with van der Waals surface area (Å²) < 4.78 is 29.7. The second kappa shape index (κ2) is 5.66. The maximum atomic E-state index is 12.4. The van der Waals surface area contributed by atoms with Crippen LogP contribution in [-0.2, 0) is 15.7 Å². The summed E-state index contributed by atoms with van der Waals surface area (Å²) in [5.74, 6) is 0. The Bertz CT molecular complexity index is 1160. The van der Waals surface area contributed by atoms with Crippen LogP contribution in [0.4, 0.5) is 0 Å². The van der Waals surface area contributed by atoms with Crippen molar-refractivity contribution in [2.75, 3.05) is 26.2 Å². The minimum absolute atomic E-state index is 0.267. The number of rotatable bonds is 5. The number of aromatic amines is 1. The lowest BCUT2D eigenvalue weighted by Crippen LogP contribution is -2.64. The van der Waals surface area contributed by atoms with Crippen molar-refractivity contribution in [2.45, 2.75) is 12.0 Å². The molecule has 0 saturated carbocycles. The number of aromatic nitrogens is 3. The van der Waals surface area contributed by atoms with Gasteiger partial charge in [-0.25, -0.2) is 4.98 Å². The third kappa shape index (κ3) is 2.49. The van der Waals surface area contributed by atoms with E-state index in [2.05, 4.69) is 16.0 Å². The van der Waals surface area contributed by atoms with Crippen molar-refractivity contribution in [2.24, 2.45) is 0 Å². The van der Waals surface area contributed by atoms with Crippen molar-refractivity contribution in [1.82, 2.24) is 23.1 Å². The van der Waals surface area contributed by atoms with E-state index in [1.807, 2.05) is 41.4 Å². The van der Waals surface area contributed by atoms with Gasteiger partial charge in [-0.1, -0.05) is 0 Å². The van der Waals surface area contributed by atoms with E-state index in [-0.39, 0.29) is 6.42 Å². The SMILES string of the molecule is N#CCC1(n2ccc(-c3ccnc4[nH]ccc34)c2)CN(S(=O)(=O)N2CC2)C1. The van der Waals surface area contributed by atoms with Crippen molar-refractivity contribution in [3.8, 4) is 17.2 Å². The molecule has 2 aliphatic heterocycles. The van der Waals surface area contributed by atoms with Gasteiger partial charge < -0.3 is 9.55 Å². The van der Waals surface area contributed by atoms with Crippen LogP contribution in [0.2, 0.25) is 0 Å². The zero-order valence-electron chi connectivity index (χ0n) is 14.5. The van der Waals surface area contributed by atoms with Gasteiger partial charge in [0.15, 0.2) is 0 Å². The molecule has 0 spiro atoms. The van der Waals surface area contributed by atoms with Gasteiger partial charge in [0.25, 0.3) is 10.2 Å². The van der Waals surface area contributed by atoms with Crippen LogP contribution in [0.15, 0.2) is 43.0 Å². The molecule has 5 heterocycles. The van der Waals surface area contributed by atoms with Gasteiger partial charge in [0.05, 0.1) is 18.0 Å². The highest BCUT2D eigenvalue weighted by atomic mass is 32.2. The minimum Gasteiger partial charge on any atom is -0.346 e. The van der Waals surface area contributed by atoms with Gasteiger partial charge in [-0.2, -0.15) is 22.3 Å². The molecule has 0 atom stereocenters. The molecule has 2 saturated heterocycles. The quantitative estimate of drug-likeness (QED) is 0.677. The van der Waals surface area contributed by atoms with Crippen molar-refractivity contribution in [3.63, 3.8) is 0 Å². The largest absolute Gasteiger partial charge is 0.346 e. The summed E-state index contributed by atoms with van der Waals surface area (Å²) in [6.07, 6.45) is 7.83. The summed E-state index contributed by atoms with van der Waals surface area (Å²) in [6.45, 7) is 1.83. The van der Waals surface area contributed by atoms with E-state index in [1.54, 1.807) is 6.20 Å². The summed E-state index contributed by atoms with van der Waals surface area (Å²) in [5.41, 5.74) is 2.39. The molecule has 1 N–H and O–H groups in total. The Balaban J connectivity index is 1.47. The molecule has 0 aromatic carbocycles. The molecule has 3 aromatic heterocycles. The van der Waals surface area contributed by atoms with Gasteiger partial charge >= 0.3 is 0 Å². The predicted octanol–water partition coefficient (Wildman–Crippen LogP) is 1.52. The Morgan fingerprint density at radius 1 is 1.22 bits per heavy atom. The predicted molar refractivity (Wildman–Crippen MR) is 99.8 cm³/mol. The van der Waals surface area contributed by atoms with Crippen molar-refractivity contribution in [1.29, 1.82) is 5.26 Å². The maximum Gasteiger partial charge on any atom is 0.282 e. The van der Waals surface area contributed by atoms with Crippen LogP contribution in [0, 0.1) is 11.3 Å². The number of H-pyrrole nitrogens is 1. The Labute approximate surface area is 156 Å². The number of hydrogen-bond acceptors (Lipinski definition) is 4. The van der Waals surface area contributed by atoms with E-state index in [9.17, 15) is 13.7 Å². The smallest absolute Gasteiger partial charge is 0.282 e. The van der Waals surface area contributed by atoms with Crippen LogP contribution in [0.3, 0.4) is 0 Å². The van der Waals surface area contributed by atoms with Gasteiger partial charge in [-0.15, -0.1) is 0 Å². The molecule has 0 bridgehead atoms. The van der Waals surface area contributed by atoms with Gasteiger partial charge in [-0.05, 0) is 23.8 Å². The average molecular weight is 382 g/mol. The summed E-state index contributed by atoms with van der Waals surface area (Å²) in [4.78, 5) is 7.42. The van der Waals surface area contributed by atoms with Crippen LogP contribution < -0.4 is 0 Å². The first-order valence-electron chi connectivity index (χ1n) is 8.77. The zero-order valence-corrected chi connectivity index (χ0v) is 15.4. The fourth-order valence-electron chi connectivity index (χ4n) is 3.79. The fourth-order valence-corrected chi connectivity index (χ4v) is 5.46. The first-order valence-corrected chi connectivity index (χ1v) is 10.2. The van der Waals surface area contributed by atoms with Gasteiger partial charge in [0.2, 0.25) is 0 Å². The van der Waals surface area contributed by atoms with Crippen molar-refractivity contribution >= 4 is 21.2 Å².